The minimum atomic E-state index is -0.451. The Labute approximate surface area is 125 Å². The number of nitrogens with zero attached hydrogens (tertiary/aromatic N) is 1. The number of carbonyl (C=O) groups excluding carboxylic acids is 1. The Hall–Kier alpha value is -1.88. The number of amides is 1. The van der Waals surface area contributed by atoms with Crippen LogP contribution in [0, 0.1) is 5.82 Å². The van der Waals surface area contributed by atoms with Gasteiger partial charge >= 0.3 is 0 Å². The first-order valence-electron chi connectivity index (χ1n) is 6.03. The minimum Gasteiger partial charge on any atom is -0.398 e. The molecule has 2 rings (SSSR count). The van der Waals surface area contributed by atoms with Gasteiger partial charge in [-0.1, -0.05) is 34.1 Å². The molecular formula is C15H14BrFN2O. The Balaban J connectivity index is 2.19. The highest BCUT2D eigenvalue weighted by Crippen LogP contribution is 2.20. The predicted octanol–water partition coefficient (Wildman–Crippen LogP) is 3.44. The molecule has 2 aromatic carbocycles. The lowest BCUT2D eigenvalue weighted by Gasteiger charge is -2.19. The van der Waals surface area contributed by atoms with Crippen LogP contribution in [-0.2, 0) is 6.54 Å². The summed E-state index contributed by atoms with van der Waals surface area (Å²) in [6.07, 6.45) is 0. The number of carbonyl (C=O) groups is 1. The Kier molecular flexibility index (Phi) is 4.39. The molecule has 0 radical (unpaired) electrons. The first-order chi connectivity index (χ1) is 9.49. The molecular weight excluding hydrogens is 323 g/mol. The fourth-order valence-corrected chi connectivity index (χ4v) is 2.30. The summed E-state index contributed by atoms with van der Waals surface area (Å²) in [4.78, 5) is 13.8. The fourth-order valence-electron chi connectivity index (χ4n) is 1.89. The number of nitrogens with two attached hydrogens (primary N) is 1. The highest BCUT2D eigenvalue weighted by atomic mass is 79.9. The highest BCUT2D eigenvalue weighted by Gasteiger charge is 2.16. The van der Waals surface area contributed by atoms with Gasteiger partial charge in [-0.05, 0) is 29.8 Å². The molecule has 3 nitrogen and oxygen atoms in total. The van der Waals surface area contributed by atoms with Crippen molar-refractivity contribution in [2.45, 2.75) is 6.54 Å². The van der Waals surface area contributed by atoms with E-state index in [-0.39, 0.29) is 11.6 Å². The predicted molar refractivity (Wildman–Crippen MR) is 80.8 cm³/mol. The van der Waals surface area contributed by atoms with Gasteiger partial charge in [0.1, 0.15) is 5.82 Å². The van der Waals surface area contributed by atoms with Crippen molar-refractivity contribution in [1.82, 2.24) is 4.90 Å². The largest absolute Gasteiger partial charge is 0.398 e. The molecule has 5 heteroatoms. The number of rotatable bonds is 3. The van der Waals surface area contributed by atoms with Gasteiger partial charge < -0.3 is 10.6 Å². The van der Waals surface area contributed by atoms with Gasteiger partial charge in [-0.15, -0.1) is 0 Å². The quantitative estimate of drug-likeness (QED) is 0.872. The smallest absolute Gasteiger partial charge is 0.255 e. The SMILES string of the molecule is CN(Cc1ccccc1Br)C(=O)c1ccc(F)cc1N. The summed E-state index contributed by atoms with van der Waals surface area (Å²) >= 11 is 3.44. The summed E-state index contributed by atoms with van der Waals surface area (Å²) in [5.41, 5.74) is 7.13. The lowest BCUT2D eigenvalue weighted by atomic mass is 10.1. The van der Waals surface area contributed by atoms with Gasteiger partial charge in [-0.2, -0.15) is 0 Å². The van der Waals surface area contributed by atoms with Crippen molar-refractivity contribution < 1.29 is 9.18 Å². The second-order valence-corrected chi connectivity index (χ2v) is 5.34. The molecule has 0 spiro atoms. The molecule has 0 aliphatic carbocycles. The summed E-state index contributed by atoms with van der Waals surface area (Å²) in [5, 5.41) is 0. The number of halogens is 2. The van der Waals surface area contributed by atoms with Crippen LogP contribution in [0.3, 0.4) is 0 Å². The second kappa shape index (κ2) is 6.05. The third-order valence-corrected chi connectivity index (χ3v) is 3.73. The Morgan fingerprint density at radius 2 is 2.00 bits per heavy atom. The molecule has 0 atom stereocenters. The van der Waals surface area contributed by atoms with E-state index < -0.39 is 5.82 Å². The van der Waals surface area contributed by atoms with Crippen LogP contribution in [0.15, 0.2) is 46.9 Å². The lowest BCUT2D eigenvalue weighted by Crippen LogP contribution is -2.27. The zero-order chi connectivity index (χ0) is 14.7. The topological polar surface area (TPSA) is 46.3 Å². The Bertz CT molecular complexity index is 646. The lowest BCUT2D eigenvalue weighted by molar-refractivity contribution is 0.0786. The van der Waals surface area contributed by atoms with Crippen molar-refractivity contribution in [1.29, 1.82) is 0 Å². The molecule has 0 saturated carbocycles. The summed E-state index contributed by atoms with van der Waals surface area (Å²) in [7, 11) is 1.69. The maximum absolute atomic E-state index is 13.0. The normalized spacial score (nSPS) is 10.3. The van der Waals surface area contributed by atoms with Gasteiger partial charge in [0.05, 0.1) is 5.56 Å². The van der Waals surface area contributed by atoms with E-state index >= 15 is 0 Å². The van der Waals surface area contributed by atoms with Crippen molar-refractivity contribution in [3.05, 3.63) is 63.9 Å². The Morgan fingerprint density at radius 1 is 1.30 bits per heavy atom. The van der Waals surface area contributed by atoms with Crippen molar-refractivity contribution >= 4 is 27.5 Å². The molecule has 0 aliphatic rings. The minimum absolute atomic E-state index is 0.147. The van der Waals surface area contributed by atoms with Crippen LogP contribution in [0.4, 0.5) is 10.1 Å². The van der Waals surface area contributed by atoms with Gasteiger partial charge in [-0.25, -0.2) is 4.39 Å². The van der Waals surface area contributed by atoms with Crippen LogP contribution in [0.25, 0.3) is 0 Å². The third kappa shape index (κ3) is 3.17. The molecule has 1 amide bonds. The van der Waals surface area contributed by atoms with E-state index in [0.29, 0.717) is 12.1 Å². The summed E-state index contributed by atoms with van der Waals surface area (Å²) in [5.74, 6) is -0.689. The standard InChI is InChI=1S/C15H14BrFN2O/c1-19(9-10-4-2-3-5-13(10)16)15(20)12-7-6-11(17)8-14(12)18/h2-8H,9,18H2,1H3. The maximum Gasteiger partial charge on any atom is 0.255 e. The average Bonchev–Trinajstić information content (AvgIpc) is 2.40. The van der Waals surface area contributed by atoms with E-state index in [1.54, 1.807) is 11.9 Å². The zero-order valence-corrected chi connectivity index (χ0v) is 12.5. The number of benzene rings is 2. The maximum atomic E-state index is 13.0. The fraction of sp³-hybridized carbons (Fsp3) is 0.133. The first-order valence-corrected chi connectivity index (χ1v) is 6.82. The van der Waals surface area contributed by atoms with Crippen LogP contribution in [0.1, 0.15) is 15.9 Å². The number of hydrogen-bond donors (Lipinski definition) is 1. The van der Waals surface area contributed by atoms with E-state index in [9.17, 15) is 9.18 Å². The van der Waals surface area contributed by atoms with E-state index in [0.717, 1.165) is 16.1 Å². The summed E-state index contributed by atoms with van der Waals surface area (Å²) < 4.78 is 13.9. The van der Waals surface area contributed by atoms with Gasteiger partial charge in [-0.3, -0.25) is 4.79 Å². The Morgan fingerprint density at radius 3 is 2.65 bits per heavy atom. The van der Waals surface area contributed by atoms with Crippen LogP contribution >= 0.6 is 15.9 Å². The molecule has 2 N–H and O–H groups in total. The average molecular weight is 337 g/mol. The molecule has 2 aromatic rings. The molecule has 0 unspecified atom stereocenters. The van der Waals surface area contributed by atoms with Crippen molar-refractivity contribution in [2.24, 2.45) is 0 Å². The highest BCUT2D eigenvalue weighted by molar-refractivity contribution is 9.10. The van der Waals surface area contributed by atoms with Crippen molar-refractivity contribution in [3.63, 3.8) is 0 Å². The molecule has 0 aromatic heterocycles. The van der Waals surface area contributed by atoms with Gasteiger partial charge in [0.15, 0.2) is 0 Å². The molecule has 0 aliphatic heterocycles. The molecule has 0 heterocycles. The summed E-state index contributed by atoms with van der Waals surface area (Å²) in [6.45, 7) is 0.442. The molecule has 20 heavy (non-hydrogen) atoms. The number of hydrogen-bond acceptors (Lipinski definition) is 2. The van der Waals surface area contributed by atoms with Crippen LogP contribution in [0.5, 0.6) is 0 Å². The second-order valence-electron chi connectivity index (χ2n) is 4.48. The monoisotopic (exact) mass is 336 g/mol. The van der Waals surface area contributed by atoms with E-state index in [2.05, 4.69) is 15.9 Å². The van der Waals surface area contributed by atoms with Crippen LogP contribution < -0.4 is 5.73 Å². The van der Waals surface area contributed by atoms with Crippen molar-refractivity contribution in [3.8, 4) is 0 Å². The molecule has 104 valence electrons. The van der Waals surface area contributed by atoms with E-state index in [1.807, 2.05) is 24.3 Å². The number of nitrogen functional groups attached to an aromatic ring is 1. The zero-order valence-electron chi connectivity index (χ0n) is 10.9. The van der Waals surface area contributed by atoms with Crippen LogP contribution in [0.2, 0.25) is 0 Å². The number of anilines is 1. The van der Waals surface area contributed by atoms with Gasteiger partial charge in [0.25, 0.3) is 5.91 Å². The van der Waals surface area contributed by atoms with Crippen LogP contribution in [-0.4, -0.2) is 17.9 Å². The molecule has 0 bridgehead atoms. The van der Waals surface area contributed by atoms with E-state index in [1.165, 1.54) is 12.1 Å². The van der Waals surface area contributed by atoms with Gasteiger partial charge in [0.2, 0.25) is 0 Å². The first kappa shape index (κ1) is 14.5. The summed E-state index contributed by atoms with van der Waals surface area (Å²) in [6, 6.07) is 11.5. The molecule has 0 fully saturated rings. The van der Waals surface area contributed by atoms with Gasteiger partial charge in [0, 0.05) is 23.8 Å². The van der Waals surface area contributed by atoms with Crippen molar-refractivity contribution in [2.75, 3.05) is 12.8 Å². The molecule has 0 saturated heterocycles. The third-order valence-electron chi connectivity index (χ3n) is 2.96. The van der Waals surface area contributed by atoms with E-state index in [4.69, 9.17) is 5.73 Å².